The van der Waals surface area contributed by atoms with Crippen LogP contribution < -0.4 is 10.0 Å². The van der Waals surface area contributed by atoms with E-state index in [9.17, 15) is 17.2 Å². The number of halogens is 3. The number of sulfonamides is 1. The summed E-state index contributed by atoms with van der Waals surface area (Å²) in [5.41, 5.74) is 4.97. The van der Waals surface area contributed by atoms with Crippen LogP contribution in [-0.4, -0.2) is 23.0 Å². The van der Waals surface area contributed by atoms with Crippen LogP contribution in [0.4, 0.5) is 20.3 Å². The van der Waals surface area contributed by atoms with Crippen LogP contribution in [0.15, 0.2) is 88.4 Å². The minimum Gasteiger partial charge on any atom is -0.366 e. The van der Waals surface area contributed by atoms with E-state index in [1.807, 2.05) is 18.2 Å². The molecule has 1 aliphatic rings. The molecule has 2 N–H and O–H groups in total. The molecule has 0 saturated heterocycles. The summed E-state index contributed by atoms with van der Waals surface area (Å²) in [6.07, 6.45) is 4.05. The van der Waals surface area contributed by atoms with E-state index in [0.717, 1.165) is 39.2 Å². The van der Waals surface area contributed by atoms with Gasteiger partial charge < -0.3 is 5.32 Å². The Balaban J connectivity index is 1.27. The summed E-state index contributed by atoms with van der Waals surface area (Å²) in [6, 6.07) is 19.5. The first kappa shape index (κ1) is 25.4. The van der Waals surface area contributed by atoms with Gasteiger partial charge in [-0.2, -0.15) is 9.61 Å². The highest BCUT2D eigenvalue weighted by atomic mass is 79.9. The zero-order valence-corrected chi connectivity index (χ0v) is 22.8. The average Bonchev–Trinajstić information content (AvgIpc) is 3.71. The number of hydrogen-bond acceptors (Lipinski definition) is 5. The van der Waals surface area contributed by atoms with Crippen LogP contribution in [0.25, 0.3) is 16.9 Å². The van der Waals surface area contributed by atoms with Crippen molar-refractivity contribution in [2.75, 3.05) is 10.0 Å². The molecule has 11 heteroatoms. The molecule has 7 nitrogen and oxygen atoms in total. The number of nitrogens with zero attached hydrogens (tertiary/aromatic N) is 3. The van der Waals surface area contributed by atoms with Gasteiger partial charge in [-0.3, -0.25) is 4.72 Å². The predicted molar refractivity (Wildman–Crippen MR) is 149 cm³/mol. The van der Waals surface area contributed by atoms with Gasteiger partial charge in [-0.1, -0.05) is 36.4 Å². The summed E-state index contributed by atoms with van der Waals surface area (Å²) < 4.78 is 57.2. The molecule has 0 unspecified atom stereocenters. The van der Waals surface area contributed by atoms with E-state index in [4.69, 9.17) is 4.98 Å². The number of hydrogen-bond donors (Lipinski definition) is 2. The molecule has 39 heavy (non-hydrogen) atoms. The van der Waals surface area contributed by atoms with E-state index in [-0.39, 0.29) is 4.90 Å². The molecule has 0 bridgehead atoms. The van der Waals surface area contributed by atoms with Crippen molar-refractivity contribution in [1.29, 1.82) is 0 Å². The van der Waals surface area contributed by atoms with Gasteiger partial charge in [0, 0.05) is 23.9 Å². The van der Waals surface area contributed by atoms with Gasteiger partial charge in [0.05, 0.1) is 21.3 Å². The number of benzene rings is 3. The molecule has 1 aliphatic carbocycles. The van der Waals surface area contributed by atoms with Crippen molar-refractivity contribution >= 4 is 43.1 Å². The molecule has 1 fully saturated rings. The van der Waals surface area contributed by atoms with Crippen molar-refractivity contribution in [3.8, 4) is 11.3 Å². The SMILES string of the molecule is O=S(=O)(Nc1cccc(CNc2cc(-c3ccccc3C3CC3)nc3c(Br)cnn23)c1)c1ccc(F)c(F)c1. The van der Waals surface area contributed by atoms with Gasteiger partial charge in [-0.05, 0) is 76.1 Å². The van der Waals surface area contributed by atoms with Crippen LogP contribution in [0.3, 0.4) is 0 Å². The highest BCUT2D eigenvalue weighted by Gasteiger charge is 2.27. The van der Waals surface area contributed by atoms with Crippen LogP contribution in [0, 0.1) is 11.6 Å². The Hall–Kier alpha value is -3.83. The van der Waals surface area contributed by atoms with Gasteiger partial charge in [0.25, 0.3) is 10.0 Å². The van der Waals surface area contributed by atoms with Crippen molar-refractivity contribution in [3.05, 3.63) is 106 Å². The molecule has 198 valence electrons. The maximum atomic E-state index is 13.6. The molecule has 0 amide bonds. The summed E-state index contributed by atoms with van der Waals surface area (Å²) in [5, 5.41) is 7.84. The van der Waals surface area contributed by atoms with E-state index in [0.29, 0.717) is 29.9 Å². The lowest BCUT2D eigenvalue weighted by Crippen LogP contribution is -2.14. The molecule has 6 rings (SSSR count). The molecular weight excluding hydrogens is 588 g/mol. The van der Waals surface area contributed by atoms with Crippen molar-refractivity contribution < 1.29 is 17.2 Å². The summed E-state index contributed by atoms with van der Waals surface area (Å²) >= 11 is 3.55. The van der Waals surface area contributed by atoms with E-state index in [1.165, 1.54) is 18.4 Å². The van der Waals surface area contributed by atoms with Gasteiger partial charge in [-0.25, -0.2) is 22.2 Å². The van der Waals surface area contributed by atoms with Crippen molar-refractivity contribution in [2.45, 2.75) is 30.2 Å². The maximum Gasteiger partial charge on any atom is 0.261 e. The van der Waals surface area contributed by atoms with E-state index in [2.05, 4.69) is 49.3 Å². The number of nitrogens with one attached hydrogen (secondary N) is 2. The Kier molecular flexibility index (Phi) is 6.56. The zero-order valence-electron chi connectivity index (χ0n) is 20.4. The lowest BCUT2D eigenvalue weighted by Gasteiger charge is -2.14. The van der Waals surface area contributed by atoms with Gasteiger partial charge in [0.2, 0.25) is 0 Å². The summed E-state index contributed by atoms with van der Waals surface area (Å²) in [7, 11) is -4.11. The topological polar surface area (TPSA) is 88.4 Å². The number of anilines is 2. The summed E-state index contributed by atoms with van der Waals surface area (Å²) in [4.78, 5) is 4.50. The third-order valence-electron chi connectivity index (χ3n) is 6.54. The molecule has 5 aromatic rings. The molecule has 0 aliphatic heterocycles. The summed E-state index contributed by atoms with van der Waals surface area (Å²) in [5.74, 6) is -1.07. The Morgan fingerprint density at radius 3 is 2.59 bits per heavy atom. The van der Waals surface area contributed by atoms with Gasteiger partial charge in [-0.15, -0.1) is 0 Å². The monoisotopic (exact) mass is 609 g/mol. The molecule has 1 saturated carbocycles. The fraction of sp³-hybridized carbons (Fsp3) is 0.143. The van der Waals surface area contributed by atoms with E-state index >= 15 is 0 Å². The van der Waals surface area contributed by atoms with Crippen molar-refractivity contribution in [3.63, 3.8) is 0 Å². The second-order valence-electron chi connectivity index (χ2n) is 9.35. The first-order chi connectivity index (χ1) is 18.8. The van der Waals surface area contributed by atoms with E-state index < -0.39 is 21.7 Å². The molecule has 0 spiro atoms. The fourth-order valence-corrected chi connectivity index (χ4v) is 5.89. The lowest BCUT2D eigenvalue weighted by atomic mass is 10.0. The highest BCUT2D eigenvalue weighted by Crippen LogP contribution is 2.44. The second-order valence-corrected chi connectivity index (χ2v) is 11.9. The molecular formula is C28H22BrF2N5O2S. The largest absolute Gasteiger partial charge is 0.366 e. The lowest BCUT2D eigenvalue weighted by molar-refractivity contribution is 0.504. The van der Waals surface area contributed by atoms with Gasteiger partial charge in [0.1, 0.15) is 5.82 Å². The summed E-state index contributed by atoms with van der Waals surface area (Å²) in [6.45, 7) is 0.362. The van der Waals surface area contributed by atoms with Gasteiger partial charge in [0.15, 0.2) is 17.3 Å². The first-order valence-corrected chi connectivity index (χ1v) is 14.5. The minimum absolute atomic E-state index is 0.291. The Bertz CT molecular complexity index is 1820. The van der Waals surface area contributed by atoms with Crippen molar-refractivity contribution in [1.82, 2.24) is 14.6 Å². The molecule has 3 aromatic carbocycles. The Morgan fingerprint density at radius 1 is 0.974 bits per heavy atom. The van der Waals surface area contributed by atoms with Crippen LogP contribution in [0.2, 0.25) is 0 Å². The second kappa shape index (κ2) is 10.0. The van der Waals surface area contributed by atoms with Crippen molar-refractivity contribution in [2.24, 2.45) is 0 Å². The van der Waals surface area contributed by atoms with Gasteiger partial charge >= 0.3 is 0 Å². The minimum atomic E-state index is -4.11. The Morgan fingerprint density at radius 2 is 1.79 bits per heavy atom. The zero-order chi connectivity index (χ0) is 27.1. The maximum absolute atomic E-state index is 13.6. The van der Waals surface area contributed by atoms with Crippen LogP contribution in [0.5, 0.6) is 0 Å². The molecule has 0 radical (unpaired) electrons. The number of fused-ring (bicyclic) bond motifs is 1. The Labute approximate surface area is 232 Å². The first-order valence-electron chi connectivity index (χ1n) is 12.2. The van der Waals surface area contributed by atoms with E-state index in [1.54, 1.807) is 28.9 Å². The average molecular weight is 610 g/mol. The van der Waals surface area contributed by atoms with Crippen LogP contribution >= 0.6 is 15.9 Å². The van der Waals surface area contributed by atoms with Crippen LogP contribution in [0.1, 0.15) is 29.9 Å². The quantitative estimate of drug-likeness (QED) is 0.204. The fourth-order valence-electron chi connectivity index (χ4n) is 4.48. The third kappa shape index (κ3) is 5.24. The smallest absolute Gasteiger partial charge is 0.261 e. The standard InChI is InChI=1S/C28H22BrF2N5O2S/c29-23-16-33-36-27(14-26(34-28(23)36)22-7-2-1-6-21(22)18-8-9-18)32-15-17-4-3-5-19(12-17)35-39(37,38)20-10-11-24(30)25(31)13-20/h1-7,10-14,16,18,32,35H,8-9,15H2. The number of rotatable bonds is 8. The number of aromatic nitrogens is 3. The molecule has 2 heterocycles. The predicted octanol–water partition coefficient (Wildman–Crippen LogP) is 6.73. The van der Waals surface area contributed by atoms with Crippen LogP contribution in [-0.2, 0) is 16.6 Å². The molecule has 0 atom stereocenters. The third-order valence-corrected chi connectivity index (χ3v) is 8.48. The molecule has 2 aromatic heterocycles. The highest BCUT2D eigenvalue weighted by molar-refractivity contribution is 9.10. The normalized spacial score (nSPS) is 13.5.